The third-order valence-electron chi connectivity index (χ3n) is 1.44. The number of nitrogens with zero attached hydrogens (tertiary/aromatic N) is 3. The molecule has 0 radical (unpaired) electrons. The van der Waals surface area contributed by atoms with Crippen molar-refractivity contribution < 1.29 is 9.90 Å². The maximum atomic E-state index is 10.7. The fraction of sp³-hybridized carbons (Fsp3) is 0.429. The lowest BCUT2D eigenvalue weighted by Gasteiger charge is -2.19. The second-order valence-corrected chi connectivity index (χ2v) is 3.02. The van der Waals surface area contributed by atoms with E-state index in [9.17, 15) is 4.79 Å². The van der Waals surface area contributed by atoms with Crippen LogP contribution in [0.25, 0.3) is 0 Å². The van der Waals surface area contributed by atoms with Gasteiger partial charge in [-0.25, -0.2) is 9.78 Å². The number of aromatic nitrogens is 3. The van der Waals surface area contributed by atoms with Crippen LogP contribution < -0.4 is 5.32 Å². The lowest BCUT2D eigenvalue weighted by atomic mass is 10.1. The standard InChI is InChI=1S/C7H10N4O2/c1-7(2,5(12)13)10-6-8-3-4-9-11-6/h3-4H,1-2H3,(H,12,13)(H,8,10,11). The minimum Gasteiger partial charge on any atom is -0.480 e. The predicted molar refractivity (Wildman–Crippen MR) is 45.2 cm³/mol. The van der Waals surface area contributed by atoms with Crippen LogP contribution in [0.2, 0.25) is 0 Å². The molecule has 0 aliphatic heterocycles. The third kappa shape index (κ3) is 2.36. The van der Waals surface area contributed by atoms with E-state index in [1.54, 1.807) is 0 Å². The van der Waals surface area contributed by atoms with E-state index in [0.29, 0.717) is 0 Å². The van der Waals surface area contributed by atoms with Crippen molar-refractivity contribution in [1.82, 2.24) is 15.2 Å². The van der Waals surface area contributed by atoms with Crippen molar-refractivity contribution in [3.05, 3.63) is 12.4 Å². The first-order chi connectivity index (χ1) is 6.02. The molecule has 0 unspecified atom stereocenters. The van der Waals surface area contributed by atoms with E-state index in [1.165, 1.54) is 26.2 Å². The Morgan fingerprint density at radius 1 is 1.54 bits per heavy atom. The molecular weight excluding hydrogens is 172 g/mol. The Balaban J connectivity index is 2.75. The zero-order valence-corrected chi connectivity index (χ0v) is 7.35. The van der Waals surface area contributed by atoms with E-state index < -0.39 is 11.5 Å². The molecule has 0 fully saturated rings. The third-order valence-corrected chi connectivity index (χ3v) is 1.44. The molecule has 13 heavy (non-hydrogen) atoms. The van der Waals surface area contributed by atoms with Gasteiger partial charge in [-0.2, -0.15) is 5.10 Å². The lowest BCUT2D eigenvalue weighted by Crippen LogP contribution is -2.40. The number of carboxylic acid groups (broad SMARTS) is 1. The van der Waals surface area contributed by atoms with Crippen LogP contribution in [-0.2, 0) is 4.79 Å². The Morgan fingerprint density at radius 3 is 2.69 bits per heavy atom. The SMILES string of the molecule is CC(C)(Nc1nccnn1)C(=O)O. The van der Waals surface area contributed by atoms with Crippen molar-refractivity contribution in [1.29, 1.82) is 0 Å². The molecule has 1 heterocycles. The minimum absolute atomic E-state index is 0.204. The number of aliphatic carboxylic acids is 1. The molecule has 0 amide bonds. The zero-order valence-electron chi connectivity index (χ0n) is 7.35. The molecule has 0 saturated heterocycles. The summed E-state index contributed by atoms with van der Waals surface area (Å²) >= 11 is 0. The Labute approximate surface area is 75.0 Å². The fourth-order valence-electron chi connectivity index (χ4n) is 0.638. The van der Waals surface area contributed by atoms with Crippen molar-refractivity contribution >= 4 is 11.9 Å². The topological polar surface area (TPSA) is 88.0 Å². The number of rotatable bonds is 3. The van der Waals surface area contributed by atoms with Crippen molar-refractivity contribution in [3.63, 3.8) is 0 Å². The predicted octanol–water partition coefficient (Wildman–Crippen LogP) is 0.147. The fourth-order valence-corrected chi connectivity index (χ4v) is 0.638. The number of nitrogens with one attached hydrogen (secondary N) is 1. The van der Waals surface area contributed by atoms with Gasteiger partial charge in [-0.1, -0.05) is 0 Å². The van der Waals surface area contributed by atoms with Gasteiger partial charge in [0.15, 0.2) is 0 Å². The van der Waals surface area contributed by atoms with Crippen molar-refractivity contribution in [3.8, 4) is 0 Å². The second kappa shape index (κ2) is 3.34. The quantitative estimate of drug-likeness (QED) is 0.691. The highest BCUT2D eigenvalue weighted by atomic mass is 16.4. The molecule has 6 nitrogen and oxygen atoms in total. The highest BCUT2D eigenvalue weighted by Crippen LogP contribution is 2.08. The lowest BCUT2D eigenvalue weighted by molar-refractivity contribution is -0.141. The van der Waals surface area contributed by atoms with Crippen molar-refractivity contribution in [2.45, 2.75) is 19.4 Å². The number of hydrogen-bond donors (Lipinski definition) is 2. The Kier molecular flexibility index (Phi) is 2.41. The Bertz CT molecular complexity index is 299. The molecule has 70 valence electrons. The van der Waals surface area contributed by atoms with Crippen LogP contribution in [0, 0.1) is 0 Å². The van der Waals surface area contributed by atoms with Gasteiger partial charge in [-0.3, -0.25) is 0 Å². The highest BCUT2D eigenvalue weighted by Gasteiger charge is 2.27. The van der Waals surface area contributed by atoms with E-state index >= 15 is 0 Å². The van der Waals surface area contributed by atoms with Crippen LogP contribution in [0.15, 0.2) is 12.4 Å². The van der Waals surface area contributed by atoms with E-state index in [-0.39, 0.29) is 5.95 Å². The van der Waals surface area contributed by atoms with Crippen molar-refractivity contribution in [2.24, 2.45) is 0 Å². The van der Waals surface area contributed by atoms with Gasteiger partial charge in [0.1, 0.15) is 5.54 Å². The number of carbonyl (C=O) groups is 1. The van der Waals surface area contributed by atoms with Crippen molar-refractivity contribution in [2.75, 3.05) is 5.32 Å². The zero-order chi connectivity index (χ0) is 9.90. The summed E-state index contributed by atoms with van der Waals surface area (Å²) in [4.78, 5) is 14.5. The smallest absolute Gasteiger partial charge is 0.328 e. The first kappa shape index (κ1) is 9.37. The summed E-state index contributed by atoms with van der Waals surface area (Å²) in [6, 6.07) is 0. The molecule has 6 heteroatoms. The number of carboxylic acids is 1. The van der Waals surface area contributed by atoms with Gasteiger partial charge in [-0.15, -0.1) is 5.10 Å². The number of hydrogen-bond acceptors (Lipinski definition) is 5. The molecule has 0 aliphatic carbocycles. The Morgan fingerprint density at radius 2 is 2.23 bits per heavy atom. The van der Waals surface area contributed by atoms with Crippen LogP contribution in [0.5, 0.6) is 0 Å². The first-order valence-electron chi connectivity index (χ1n) is 3.67. The van der Waals surface area contributed by atoms with Crippen LogP contribution >= 0.6 is 0 Å². The summed E-state index contributed by atoms with van der Waals surface area (Å²) < 4.78 is 0. The van der Waals surface area contributed by atoms with Gasteiger partial charge >= 0.3 is 5.97 Å². The van der Waals surface area contributed by atoms with Gasteiger partial charge in [0.25, 0.3) is 0 Å². The van der Waals surface area contributed by atoms with Gasteiger partial charge < -0.3 is 10.4 Å². The minimum atomic E-state index is -1.09. The summed E-state index contributed by atoms with van der Waals surface area (Å²) in [7, 11) is 0. The first-order valence-corrected chi connectivity index (χ1v) is 3.67. The van der Waals surface area contributed by atoms with E-state index in [1.807, 2.05) is 0 Å². The van der Waals surface area contributed by atoms with Gasteiger partial charge in [0.2, 0.25) is 5.95 Å². The van der Waals surface area contributed by atoms with Gasteiger partial charge in [0.05, 0.1) is 12.4 Å². The summed E-state index contributed by atoms with van der Waals surface area (Å²) in [5.74, 6) is -0.769. The monoisotopic (exact) mass is 182 g/mol. The molecular formula is C7H10N4O2. The molecule has 2 N–H and O–H groups in total. The van der Waals surface area contributed by atoms with Gasteiger partial charge in [-0.05, 0) is 13.8 Å². The Hall–Kier alpha value is -1.72. The van der Waals surface area contributed by atoms with Gasteiger partial charge in [0, 0.05) is 0 Å². The van der Waals surface area contributed by atoms with E-state index in [0.717, 1.165) is 0 Å². The largest absolute Gasteiger partial charge is 0.480 e. The molecule has 0 bridgehead atoms. The molecule has 1 rings (SSSR count). The average Bonchev–Trinajstić information content (AvgIpc) is 2.05. The molecule has 1 aromatic heterocycles. The summed E-state index contributed by atoms with van der Waals surface area (Å²) in [5, 5.41) is 18.6. The molecule has 0 aromatic carbocycles. The summed E-state index contributed by atoms with van der Waals surface area (Å²) in [6.07, 6.45) is 2.85. The summed E-state index contributed by atoms with van der Waals surface area (Å²) in [6.45, 7) is 3.04. The number of anilines is 1. The maximum Gasteiger partial charge on any atom is 0.328 e. The molecule has 1 aromatic rings. The second-order valence-electron chi connectivity index (χ2n) is 3.02. The molecule has 0 aliphatic rings. The molecule has 0 spiro atoms. The normalized spacial score (nSPS) is 10.9. The van der Waals surface area contributed by atoms with Crippen LogP contribution in [-0.4, -0.2) is 31.8 Å². The van der Waals surface area contributed by atoms with Crippen LogP contribution in [0.4, 0.5) is 5.95 Å². The van der Waals surface area contributed by atoms with E-state index in [4.69, 9.17) is 5.11 Å². The molecule has 0 atom stereocenters. The molecule has 0 saturated carbocycles. The highest BCUT2D eigenvalue weighted by molar-refractivity contribution is 5.80. The average molecular weight is 182 g/mol. The van der Waals surface area contributed by atoms with E-state index in [2.05, 4.69) is 20.5 Å². The van der Waals surface area contributed by atoms with Crippen LogP contribution in [0.3, 0.4) is 0 Å². The summed E-state index contributed by atoms with van der Waals surface area (Å²) in [5.41, 5.74) is -1.09. The maximum absolute atomic E-state index is 10.7. The van der Waals surface area contributed by atoms with Crippen LogP contribution in [0.1, 0.15) is 13.8 Å².